The van der Waals surface area contributed by atoms with Crippen LogP contribution in [0.25, 0.3) is 43.6 Å². The largest absolute Gasteiger partial charge is 0.435 e. The number of aromatic nitrogens is 6. The molecule has 3 amide bonds. The Bertz CT molecular complexity index is 3710. The number of fused-ring (bicyclic) bond motifs is 6. The van der Waals surface area contributed by atoms with Crippen molar-refractivity contribution < 1.29 is 24.0 Å². The van der Waals surface area contributed by atoms with Gasteiger partial charge in [-0.1, -0.05) is 24.3 Å². The molecule has 4 aromatic heterocycles. The van der Waals surface area contributed by atoms with Crippen molar-refractivity contribution in [3.8, 4) is 12.1 Å². The fourth-order valence-corrected chi connectivity index (χ4v) is 12.5. The standard InChI is InChI=1S/C29H36N8O2.C27H37N7O.C6H4N2O4/c1-35-10-12-36(13-11-35)18-20-4-9-23-24(14-20)28(39)37(22-7-5-21(6-8-22)33-26(38)15-30)27-25(23)17-32-29(34-27)31-16-19-2-3-19;1-32-10-12-33(13-11-32)17-19-4-9-22-23(14-19)26(35)34(21-7-5-20(28)6-8-21)25-24(22)16-30-27(31-25)29-15-18-2-3-18;7-3-6(11)12-8-4(9)1-2-5(8)10/h4,9,14,17,19,21-22H,2-3,5-8,10-13,16,18H2,1H3,(H,33,38)(H,31,32,34);4,9,14,16,18,20-21H,2-3,5-8,10-13,15,17,28H2,1H3,(H,29,30,31);1-2H2. The summed E-state index contributed by atoms with van der Waals surface area (Å²) in [6, 6.07) is 15.7. The predicted molar refractivity (Wildman–Crippen MR) is 324 cm³/mol. The molecule has 0 bridgehead atoms. The molecule has 86 heavy (non-hydrogen) atoms. The number of imide groups is 1. The lowest BCUT2D eigenvalue weighted by Gasteiger charge is -2.32. The Hall–Kier alpha value is -8.00. The summed E-state index contributed by atoms with van der Waals surface area (Å²) in [5.74, 6) is -0.461. The fraction of sp³-hybridized carbons (Fsp3) is 0.548. The Morgan fingerprint density at radius 3 is 1.44 bits per heavy atom. The maximum Gasteiger partial charge on any atom is 0.435 e. The van der Waals surface area contributed by atoms with Crippen LogP contribution in [0.4, 0.5) is 11.9 Å². The zero-order valence-corrected chi connectivity index (χ0v) is 49.2. The average molecular weight is 1170 g/mol. The molecule has 13 rings (SSSR count). The average Bonchev–Trinajstić information content (AvgIpc) is 2.69. The molecule has 24 heteroatoms. The normalized spacial score (nSPS) is 22.4. The molecule has 7 aliphatic rings. The lowest BCUT2D eigenvalue weighted by molar-refractivity contribution is -0.193. The Kier molecular flexibility index (Phi) is 18.6. The summed E-state index contributed by atoms with van der Waals surface area (Å²) < 4.78 is 3.84. The molecule has 452 valence electrons. The number of carbonyl (C=O) groups excluding carboxylic acids is 4. The van der Waals surface area contributed by atoms with Crippen LogP contribution in [0.2, 0.25) is 0 Å². The van der Waals surface area contributed by atoms with Crippen LogP contribution in [0.1, 0.15) is 113 Å². The second-order valence-electron chi connectivity index (χ2n) is 24.5. The number of amides is 3. The molecular formula is C62H77N17O7. The van der Waals surface area contributed by atoms with Crippen LogP contribution in [0.15, 0.2) is 58.4 Å². The molecule has 5 N–H and O–H groups in total. The number of hydroxylamine groups is 2. The van der Waals surface area contributed by atoms with Crippen LogP contribution in [0.3, 0.4) is 0 Å². The number of carbonyl (C=O) groups is 4. The van der Waals surface area contributed by atoms with Gasteiger partial charge in [0.05, 0.1) is 0 Å². The van der Waals surface area contributed by atoms with Crippen LogP contribution in [-0.4, -0.2) is 169 Å². The van der Waals surface area contributed by atoms with Gasteiger partial charge in [0, 0.05) is 149 Å². The zero-order chi connectivity index (χ0) is 60.0. The zero-order valence-electron chi connectivity index (χ0n) is 49.2. The Balaban J connectivity index is 0.000000151. The summed E-state index contributed by atoms with van der Waals surface area (Å²) in [5.41, 5.74) is 10.0. The molecule has 7 fully saturated rings. The first-order valence-corrected chi connectivity index (χ1v) is 30.6. The van der Waals surface area contributed by atoms with E-state index in [0.29, 0.717) is 46.8 Å². The molecule has 0 unspecified atom stereocenters. The van der Waals surface area contributed by atoms with Crippen LogP contribution >= 0.6 is 0 Å². The number of nitrogens with one attached hydrogen (secondary N) is 3. The molecular weight excluding hydrogens is 1090 g/mol. The minimum absolute atomic E-state index is 0.0194. The van der Waals surface area contributed by atoms with Crippen LogP contribution < -0.4 is 32.8 Å². The summed E-state index contributed by atoms with van der Waals surface area (Å²) in [6.07, 6.45) is 15.4. The number of hydrogen-bond donors (Lipinski definition) is 4. The highest BCUT2D eigenvalue weighted by Crippen LogP contribution is 2.35. The van der Waals surface area contributed by atoms with Crippen molar-refractivity contribution in [1.29, 1.82) is 10.5 Å². The Morgan fingerprint density at radius 2 is 1.02 bits per heavy atom. The number of nitrogens with zero attached hydrogens (tertiary/aromatic N) is 13. The van der Waals surface area contributed by atoms with Gasteiger partial charge in [-0.15, -0.1) is 5.06 Å². The SMILES string of the molecule is CN1CCN(Cc2ccc3c(c2)c(=O)n(C2CCC(N)CC2)c2nc(NCC4CC4)ncc32)CC1.CN1CCN(Cc2ccc3c(c2)c(=O)n(C2CCC(NC(=O)C#N)CC2)c2nc(NCC4CC4)ncc32)CC1.N#CC(=O)ON1C(=O)CCC1=O. The van der Waals surface area contributed by atoms with E-state index in [1.54, 1.807) is 6.07 Å². The number of pyridine rings is 2. The fourth-order valence-electron chi connectivity index (χ4n) is 12.5. The highest BCUT2D eigenvalue weighted by atomic mass is 16.7. The van der Waals surface area contributed by atoms with E-state index in [0.717, 1.165) is 167 Å². The van der Waals surface area contributed by atoms with Gasteiger partial charge in [-0.3, -0.25) is 42.9 Å². The number of benzene rings is 2. The van der Waals surface area contributed by atoms with Crippen LogP contribution in [-0.2, 0) is 37.1 Å². The first-order chi connectivity index (χ1) is 41.7. The number of piperazine rings is 2. The van der Waals surface area contributed by atoms with E-state index in [1.807, 2.05) is 21.5 Å². The minimum atomic E-state index is -1.27. The minimum Gasteiger partial charge on any atom is -0.354 e. The monoisotopic (exact) mass is 1170 g/mol. The molecule has 3 aliphatic heterocycles. The summed E-state index contributed by atoms with van der Waals surface area (Å²) in [4.78, 5) is 104. The topological polar surface area (TPSA) is 299 Å². The quantitative estimate of drug-likeness (QED) is 0.0652. The lowest BCUT2D eigenvalue weighted by Crippen LogP contribution is -2.43. The molecule has 2 aromatic carbocycles. The molecule has 3 saturated heterocycles. The Labute approximate surface area is 498 Å². The Morgan fingerprint density at radius 1 is 0.581 bits per heavy atom. The van der Waals surface area contributed by atoms with Crippen molar-refractivity contribution >= 4 is 79.2 Å². The van der Waals surface area contributed by atoms with Crippen molar-refractivity contribution in [2.45, 2.75) is 127 Å². The first kappa shape index (κ1) is 59.7. The molecule has 4 aliphatic carbocycles. The van der Waals surface area contributed by atoms with Gasteiger partial charge in [-0.05, 0) is 137 Å². The van der Waals surface area contributed by atoms with Gasteiger partial charge < -0.3 is 36.3 Å². The van der Waals surface area contributed by atoms with E-state index >= 15 is 0 Å². The van der Waals surface area contributed by atoms with Crippen molar-refractivity contribution in [1.82, 2.24) is 59.0 Å². The molecule has 0 spiro atoms. The molecule has 24 nitrogen and oxygen atoms in total. The second-order valence-corrected chi connectivity index (χ2v) is 24.5. The van der Waals surface area contributed by atoms with E-state index in [2.05, 4.69) is 101 Å². The predicted octanol–water partition coefficient (Wildman–Crippen LogP) is 4.71. The number of anilines is 2. The summed E-state index contributed by atoms with van der Waals surface area (Å²) >= 11 is 0. The van der Waals surface area contributed by atoms with Crippen molar-refractivity contribution in [3.63, 3.8) is 0 Å². The van der Waals surface area contributed by atoms with Gasteiger partial charge in [-0.2, -0.15) is 20.5 Å². The van der Waals surface area contributed by atoms with Crippen LogP contribution in [0, 0.1) is 34.5 Å². The smallest absolute Gasteiger partial charge is 0.354 e. The maximum absolute atomic E-state index is 14.2. The van der Waals surface area contributed by atoms with Gasteiger partial charge in [0.1, 0.15) is 11.3 Å². The first-order valence-electron chi connectivity index (χ1n) is 30.6. The van der Waals surface area contributed by atoms with Crippen LogP contribution in [0.5, 0.6) is 0 Å². The van der Waals surface area contributed by atoms with Gasteiger partial charge in [0.15, 0.2) is 12.1 Å². The molecule has 6 aromatic rings. The molecule has 7 heterocycles. The highest BCUT2D eigenvalue weighted by molar-refractivity contribution is 6.06. The number of nitriles is 2. The lowest BCUT2D eigenvalue weighted by atomic mass is 9.90. The van der Waals surface area contributed by atoms with Crippen molar-refractivity contribution in [2.24, 2.45) is 17.6 Å². The van der Waals surface area contributed by atoms with Gasteiger partial charge in [0.2, 0.25) is 11.9 Å². The summed E-state index contributed by atoms with van der Waals surface area (Å²) in [5, 5.41) is 31.9. The molecule has 0 radical (unpaired) electrons. The second kappa shape index (κ2) is 26.7. The highest BCUT2D eigenvalue weighted by Gasteiger charge is 2.33. The van der Waals surface area contributed by atoms with E-state index < -0.39 is 23.7 Å². The molecule has 0 atom stereocenters. The summed E-state index contributed by atoms with van der Waals surface area (Å²) in [7, 11) is 4.33. The van der Waals surface area contributed by atoms with E-state index in [-0.39, 0.29) is 48.1 Å². The van der Waals surface area contributed by atoms with Gasteiger partial charge in [0.25, 0.3) is 22.9 Å². The third-order valence-electron chi connectivity index (χ3n) is 18.0. The molecule has 4 saturated carbocycles. The van der Waals surface area contributed by atoms with Crippen molar-refractivity contribution in [2.75, 3.05) is 90.2 Å². The number of hydrogen-bond acceptors (Lipinski definition) is 20. The third-order valence-corrected chi connectivity index (χ3v) is 18.0. The van der Waals surface area contributed by atoms with E-state index in [4.69, 9.17) is 26.2 Å². The number of likely N-dealkylation sites (N-methyl/N-ethyl adjacent to an activating group) is 2. The maximum atomic E-state index is 14.2. The van der Waals surface area contributed by atoms with Gasteiger partial charge in [-0.25, -0.2) is 14.8 Å². The summed E-state index contributed by atoms with van der Waals surface area (Å²) in [6.45, 7) is 11.9. The third kappa shape index (κ3) is 14.3. The van der Waals surface area contributed by atoms with Gasteiger partial charge >= 0.3 is 11.9 Å². The van der Waals surface area contributed by atoms with E-state index in [9.17, 15) is 28.8 Å². The van der Waals surface area contributed by atoms with E-state index in [1.165, 1.54) is 31.2 Å². The number of rotatable bonds is 14. The number of nitrogens with two attached hydrogens (primary N) is 1. The van der Waals surface area contributed by atoms with Crippen molar-refractivity contribution in [3.05, 3.63) is 80.6 Å².